The fraction of sp³-hybridized carbons (Fsp3) is 0.138. The summed E-state index contributed by atoms with van der Waals surface area (Å²) in [4.78, 5) is 35.5. The molecule has 178 valence electrons. The molecule has 3 aromatic rings. The van der Waals surface area contributed by atoms with Crippen LogP contribution in [0.3, 0.4) is 0 Å². The molecule has 0 saturated carbocycles. The summed E-state index contributed by atoms with van der Waals surface area (Å²) in [5, 5.41) is 0. The Hall–Kier alpha value is -4.45. The number of rotatable bonds is 8. The van der Waals surface area contributed by atoms with Gasteiger partial charge in [0.15, 0.2) is 0 Å². The average Bonchev–Trinajstić information content (AvgIpc) is 2.84. The van der Waals surface area contributed by atoms with Gasteiger partial charge in [0.2, 0.25) is 0 Å². The van der Waals surface area contributed by atoms with E-state index in [1.54, 1.807) is 45.0 Å². The molecule has 0 fully saturated rings. The maximum Gasteiger partial charge on any atom is 0.338 e. The molecule has 0 bridgehead atoms. The van der Waals surface area contributed by atoms with Crippen molar-refractivity contribution < 1.29 is 28.6 Å². The summed E-state index contributed by atoms with van der Waals surface area (Å²) >= 11 is 0. The van der Waals surface area contributed by atoms with Gasteiger partial charge in [0.05, 0.1) is 0 Å². The van der Waals surface area contributed by atoms with Crippen LogP contribution in [0.25, 0.3) is 22.3 Å². The van der Waals surface area contributed by atoms with E-state index in [1.807, 2.05) is 36.4 Å². The molecule has 0 heterocycles. The van der Waals surface area contributed by atoms with Crippen molar-refractivity contribution in [2.75, 3.05) is 0 Å². The summed E-state index contributed by atoms with van der Waals surface area (Å²) in [6.07, 6.45) is 0.213. The van der Waals surface area contributed by atoms with E-state index in [0.29, 0.717) is 16.9 Å². The van der Waals surface area contributed by atoms with Crippen molar-refractivity contribution in [3.8, 4) is 39.5 Å². The second-order valence-electron chi connectivity index (χ2n) is 7.96. The van der Waals surface area contributed by atoms with Crippen molar-refractivity contribution in [1.29, 1.82) is 0 Å². The molecule has 0 aliphatic carbocycles. The normalized spacial score (nSPS) is 10.3. The van der Waals surface area contributed by atoms with Crippen LogP contribution in [-0.4, -0.2) is 17.9 Å². The molecule has 0 spiro atoms. The highest BCUT2D eigenvalue weighted by atomic mass is 16.5. The van der Waals surface area contributed by atoms with Gasteiger partial charge in [-0.05, 0) is 60.4 Å². The Kier molecular flexibility index (Phi) is 8.00. The fourth-order valence-corrected chi connectivity index (χ4v) is 3.02. The van der Waals surface area contributed by atoms with Crippen LogP contribution in [0.5, 0.6) is 17.2 Å². The van der Waals surface area contributed by atoms with Crippen molar-refractivity contribution in [3.05, 3.63) is 91.0 Å². The van der Waals surface area contributed by atoms with Crippen LogP contribution < -0.4 is 14.2 Å². The molecule has 0 radical (unpaired) electrons. The molecule has 35 heavy (non-hydrogen) atoms. The minimum atomic E-state index is -0.567. The number of hydrogen-bond acceptors (Lipinski definition) is 6. The van der Waals surface area contributed by atoms with Gasteiger partial charge in [0, 0.05) is 23.6 Å². The second kappa shape index (κ2) is 11.1. The Morgan fingerprint density at radius 1 is 0.600 bits per heavy atom. The van der Waals surface area contributed by atoms with Crippen LogP contribution in [0, 0.1) is 0 Å². The zero-order valence-corrected chi connectivity index (χ0v) is 19.9. The minimum Gasteiger partial charge on any atom is -0.426 e. The molecule has 3 rings (SSSR count). The van der Waals surface area contributed by atoms with Gasteiger partial charge in [0.1, 0.15) is 17.2 Å². The third kappa shape index (κ3) is 6.77. The molecule has 0 saturated heterocycles. The molecule has 6 heteroatoms. The largest absolute Gasteiger partial charge is 0.426 e. The Balaban J connectivity index is 1.86. The van der Waals surface area contributed by atoms with Gasteiger partial charge in [-0.3, -0.25) is 4.79 Å². The zero-order chi connectivity index (χ0) is 25.5. The van der Waals surface area contributed by atoms with Gasteiger partial charge < -0.3 is 14.2 Å². The van der Waals surface area contributed by atoms with Gasteiger partial charge in [-0.25, -0.2) is 9.59 Å². The molecule has 0 aliphatic heterocycles. The molecule has 0 aliphatic rings. The predicted octanol–water partition coefficient (Wildman–Crippen LogP) is 6.30. The van der Waals surface area contributed by atoms with Crippen molar-refractivity contribution in [2.24, 2.45) is 0 Å². The molecular formula is C29H26O6. The van der Waals surface area contributed by atoms with Gasteiger partial charge in [-0.1, -0.05) is 56.5 Å². The molecule has 3 aromatic carbocycles. The van der Waals surface area contributed by atoms with E-state index in [4.69, 9.17) is 14.2 Å². The summed E-state index contributed by atoms with van der Waals surface area (Å²) in [5.74, 6) is -0.466. The molecule has 6 nitrogen and oxygen atoms in total. The quantitative estimate of drug-likeness (QED) is 0.218. The van der Waals surface area contributed by atoms with Gasteiger partial charge in [-0.15, -0.1) is 0 Å². The topological polar surface area (TPSA) is 78.9 Å². The van der Waals surface area contributed by atoms with Crippen LogP contribution in [0.4, 0.5) is 0 Å². The zero-order valence-electron chi connectivity index (χ0n) is 19.9. The molecular weight excluding hydrogens is 444 g/mol. The predicted molar refractivity (Wildman–Crippen MR) is 134 cm³/mol. The smallest absolute Gasteiger partial charge is 0.338 e. The van der Waals surface area contributed by atoms with Crippen LogP contribution in [-0.2, 0) is 14.4 Å². The molecule has 0 aromatic heterocycles. The monoisotopic (exact) mass is 470 g/mol. The lowest BCUT2D eigenvalue weighted by Gasteiger charge is -2.11. The number of benzene rings is 3. The minimum absolute atomic E-state index is 0.213. The molecule has 0 unspecified atom stereocenters. The first-order valence-electron chi connectivity index (χ1n) is 11.0. The molecule has 0 amide bonds. The van der Waals surface area contributed by atoms with E-state index in [2.05, 4.69) is 13.2 Å². The Bertz CT molecular complexity index is 1280. The second-order valence-corrected chi connectivity index (χ2v) is 7.96. The fourth-order valence-electron chi connectivity index (χ4n) is 3.02. The van der Waals surface area contributed by atoms with Crippen LogP contribution in [0.15, 0.2) is 91.0 Å². The van der Waals surface area contributed by atoms with Crippen LogP contribution >= 0.6 is 0 Å². The maximum atomic E-state index is 12.0. The summed E-state index contributed by atoms with van der Waals surface area (Å²) < 4.78 is 16.0. The van der Waals surface area contributed by atoms with Gasteiger partial charge in [0.25, 0.3) is 0 Å². The number of hydrogen-bond donors (Lipinski definition) is 0. The van der Waals surface area contributed by atoms with Crippen LogP contribution in [0.2, 0.25) is 0 Å². The first kappa shape index (κ1) is 25.2. The van der Waals surface area contributed by atoms with E-state index in [-0.39, 0.29) is 23.5 Å². The number of carbonyl (C=O) groups is 3. The average molecular weight is 471 g/mol. The molecule has 0 N–H and O–H groups in total. The van der Waals surface area contributed by atoms with E-state index in [0.717, 1.165) is 16.7 Å². The van der Waals surface area contributed by atoms with Crippen LogP contribution in [0.1, 0.15) is 27.2 Å². The third-order valence-corrected chi connectivity index (χ3v) is 4.92. The van der Waals surface area contributed by atoms with Gasteiger partial charge in [-0.2, -0.15) is 0 Å². The van der Waals surface area contributed by atoms with Crippen molar-refractivity contribution in [2.45, 2.75) is 27.2 Å². The lowest BCUT2D eigenvalue weighted by atomic mass is 10.00. The maximum absolute atomic E-state index is 12.0. The van der Waals surface area contributed by atoms with Crippen molar-refractivity contribution in [1.82, 2.24) is 0 Å². The number of ether oxygens (including phenoxy) is 3. The SMILES string of the molecule is C=C(C)C(=O)Oc1ccc(-c2ccc(-c3cc(OC(=O)CC)cc(OC(=O)C(=C)C)c3)cc2)cc1. The summed E-state index contributed by atoms with van der Waals surface area (Å²) in [5.41, 5.74) is 4.03. The lowest BCUT2D eigenvalue weighted by Crippen LogP contribution is -2.09. The summed E-state index contributed by atoms with van der Waals surface area (Å²) in [7, 11) is 0. The summed E-state index contributed by atoms with van der Waals surface area (Å²) in [6.45, 7) is 12.0. The van der Waals surface area contributed by atoms with Crippen molar-refractivity contribution in [3.63, 3.8) is 0 Å². The number of esters is 3. The highest BCUT2D eigenvalue weighted by molar-refractivity contribution is 5.89. The van der Waals surface area contributed by atoms with E-state index < -0.39 is 17.9 Å². The highest BCUT2D eigenvalue weighted by Crippen LogP contribution is 2.32. The van der Waals surface area contributed by atoms with E-state index in [9.17, 15) is 14.4 Å². The Morgan fingerprint density at radius 2 is 1.00 bits per heavy atom. The van der Waals surface area contributed by atoms with E-state index >= 15 is 0 Å². The lowest BCUT2D eigenvalue weighted by molar-refractivity contribution is -0.134. The Morgan fingerprint density at radius 3 is 1.46 bits per heavy atom. The van der Waals surface area contributed by atoms with Crippen molar-refractivity contribution >= 4 is 17.9 Å². The number of carbonyl (C=O) groups excluding carboxylic acids is 3. The first-order chi connectivity index (χ1) is 16.7. The molecule has 0 atom stereocenters. The highest BCUT2D eigenvalue weighted by Gasteiger charge is 2.12. The van der Waals surface area contributed by atoms with E-state index in [1.165, 1.54) is 6.07 Å². The van der Waals surface area contributed by atoms with Gasteiger partial charge >= 0.3 is 17.9 Å². The standard InChI is InChI=1S/C29H26O6/c1-6-27(30)33-25-15-23(16-26(17-25)35-29(32)19(4)5)22-9-7-20(8-10-22)21-11-13-24(14-12-21)34-28(31)18(2)3/h7-17H,2,4,6H2,1,3,5H3. The summed E-state index contributed by atoms with van der Waals surface area (Å²) in [6, 6.07) is 19.8. The Labute approximate surface area is 204 Å². The first-order valence-corrected chi connectivity index (χ1v) is 11.0. The third-order valence-electron chi connectivity index (χ3n) is 4.92.